The number of aliphatic hydroxyl groups is 1. The van der Waals surface area contributed by atoms with Crippen molar-refractivity contribution in [3.63, 3.8) is 0 Å². The topological polar surface area (TPSA) is 92.4 Å². The molecule has 0 radical (unpaired) electrons. The van der Waals surface area contributed by atoms with Crippen molar-refractivity contribution in [1.29, 1.82) is 0 Å². The summed E-state index contributed by atoms with van der Waals surface area (Å²) < 4.78 is 39.9. The average Bonchev–Trinajstić information content (AvgIpc) is 2.41. The molecule has 0 saturated heterocycles. The van der Waals surface area contributed by atoms with Crippen molar-refractivity contribution in [2.75, 3.05) is 12.3 Å². The van der Waals surface area contributed by atoms with Gasteiger partial charge in [0.15, 0.2) is 0 Å². The second-order valence-corrected chi connectivity index (χ2v) is 6.98. The number of nitrogen functional groups attached to an aromatic ring is 1. The van der Waals surface area contributed by atoms with Crippen molar-refractivity contribution in [1.82, 2.24) is 4.72 Å². The summed E-state index contributed by atoms with van der Waals surface area (Å²) in [6.45, 7) is 0.307. The molecule has 0 amide bonds. The highest BCUT2D eigenvalue weighted by Crippen LogP contribution is 2.24. The molecule has 0 aromatic heterocycles. The maximum absolute atomic E-state index is 13.3. The lowest BCUT2D eigenvalue weighted by Crippen LogP contribution is -2.32. The van der Waals surface area contributed by atoms with Gasteiger partial charge in [0.2, 0.25) is 10.0 Å². The van der Waals surface area contributed by atoms with Crippen molar-refractivity contribution in [2.45, 2.75) is 36.7 Å². The summed E-state index contributed by atoms with van der Waals surface area (Å²) >= 11 is 0. The highest BCUT2D eigenvalue weighted by molar-refractivity contribution is 7.89. The third kappa shape index (κ3) is 3.68. The van der Waals surface area contributed by atoms with Gasteiger partial charge in [-0.2, -0.15) is 0 Å². The summed E-state index contributed by atoms with van der Waals surface area (Å²) in [5, 5.41) is 9.40. The van der Waals surface area contributed by atoms with Crippen LogP contribution >= 0.6 is 0 Å². The molecule has 0 unspecified atom stereocenters. The van der Waals surface area contributed by atoms with Gasteiger partial charge in [0.1, 0.15) is 5.82 Å². The van der Waals surface area contributed by atoms with Gasteiger partial charge < -0.3 is 10.8 Å². The highest BCUT2D eigenvalue weighted by Gasteiger charge is 2.22. The lowest BCUT2D eigenvalue weighted by molar-refractivity contribution is 0.109. The summed E-state index contributed by atoms with van der Waals surface area (Å²) in [7, 11) is -3.72. The van der Waals surface area contributed by atoms with Gasteiger partial charge in [-0.05, 0) is 49.8 Å². The first kappa shape index (κ1) is 15.2. The Morgan fingerprint density at radius 2 is 1.95 bits per heavy atom. The zero-order chi connectivity index (χ0) is 14.8. The van der Waals surface area contributed by atoms with Crippen LogP contribution in [0.25, 0.3) is 0 Å². The molecule has 4 N–H and O–H groups in total. The van der Waals surface area contributed by atoms with Crippen molar-refractivity contribution >= 4 is 15.7 Å². The molecule has 20 heavy (non-hydrogen) atoms. The van der Waals surface area contributed by atoms with Crippen molar-refractivity contribution in [3.8, 4) is 0 Å². The SMILES string of the molecule is Nc1ccc(S(=O)(=O)NCC2CCC(O)CC2)cc1F. The number of halogens is 1. The first-order valence-corrected chi connectivity index (χ1v) is 8.09. The van der Waals surface area contributed by atoms with E-state index >= 15 is 0 Å². The fourth-order valence-corrected chi connectivity index (χ4v) is 3.46. The van der Waals surface area contributed by atoms with E-state index in [1.54, 1.807) is 0 Å². The summed E-state index contributed by atoms with van der Waals surface area (Å²) in [5.74, 6) is -0.527. The summed E-state index contributed by atoms with van der Waals surface area (Å²) in [6.07, 6.45) is 2.71. The molecule has 0 heterocycles. The lowest BCUT2D eigenvalue weighted by atomic mass is 9.88. The van der Waals surface area contributed by atoms with Crippen LogP contribution in [-0.2, 0) is 10.0 Å². The van der Waals surface area contributed by atoms with E-state index < -0.39 is 15.8 Å². The molecule has 0 atom stereocenters. The molecule has 2 rings (SSSR count). The molecular weight excluding hydrogens is 283 g/mol. The zero-order valence-electron chi connectivity index (χ0n) is 11.0. The molecule has 0 aliphatic heterocycles. The first-order chi connectivity index (χ1) is 9.38. The van der Waals surface area contributed by atoms with Gasteiger partial charge in [-0.25, -0.2) is 17.5 Å². The van der Waals surface area contributed by atoms with E-state index in [9.17, 15) is 17.9 Å². The molecule has 1 aromatic rings. The van der Waals surface area contributed by atoms with E-state index in [4.69, 9.17) is 5.73 Å². The number of anilines is 1. The van der Waals surface area contributed by atoms with E-state index in [0.717, 1.165) is 18.9 Å². The van der Waals surface area contributed by atoms with Crippen LogP contribution in [0.3, 0.4) is 0 Å². The zero-order valence-corrected chi connectivity index (χ0v) is 11.9. The standard InChI is InChI=1S/C13H19FN2O3S/c14-12-7-11(5-6-13(12)15)20(18,19)16-8-9-1-3-10(17)4-2-9/h5-7,9-10,16-17H,1-4,8,15H2. The molecule has 0 bridgehead atoms. The van der Waals surface area contributed by atoms with Crippen LogP contribution in [0.4, 0.5) is 10.1 Å². The third-order valence-electron chi connectivity index (χ3n) is 3.66. The van der Waals surface area contributed by atoms with Crippen LogP contribution in [0.5, 0.6) is 0 Å². The van der Waals surface area contributed by atoms with Crippen molar-refractivity contribution in [3.05, 3.63) is 24.0 Å². The number of hydrogen-bond acceptors (Lipinski definition) is 4. The molecule has 1 aliphatic rings. The minimum atomic E-state index is -3.72. The molecular formula is C13H19FN2O3S. The largest absolute Gasteiger partial charge is 0.396 e. The molecule has 1 aliphatic carbocycles. The van der Waals surface area contributed by atoms with Gasteiger partial charge in [0.05, 0.1) is 16.7 Å². The van der Waals surface area contributed by atoms with E-state index in [1.165, 1.54) is 12.1 Å². The monoisotopic (exact) mass is 302 g/mol. The number of hydrogen-bond donors (Lipinski definition) is 3. The Bertz CT molecular complexity index is 569. The van der Waals surface area contributed by atoms with Crippen LogP contribution in [0.1, 0.15) is 25.7 Å². The molecule has 1 aromatic carbocycles. The van der Waals surface area contributed by atoms with Gasteiger partial charge in [0.25, 0.3) is 0 Å². The van der Waals surface area contributed by atoms with Crippen LogP contribution in [-0.4, -0.2) is 26.2 Å². The Hall–Kier alpha value is -1.18. The number of rotatable bonds is 4. The Morgan fingerprint density at radius 1 is 1.30 bits per heavy atom. The van der Waals surface area contributed by atoms with E-state index in [0.29, 0.717) is 19.4 Å². The number of aliphatic hydroxyl groups excluding tert-OH is 1. The van der Waals surface area contributed by atoms with E-state index in [1.807, 2.05) is 0 Å². The molecule has 1 saturated carbocycles. The summed E-state index contributed by atoms with van der Waals surface area (Å²) in [5.41, 5.74) is 5.24. The molecule has 7 heteroatoms. The van der Waals surface area contributed by atoms with Crippen LogP contribution < -0.4 is 10.5 Å². The maximum Gasteiger partial charge on any atom is 0.240 e. The van der Waals surface area contributed by atoms with Gasteiger partial charge >= 0.3 is 0 Å². The van der Waals surface area contributed by atoms with E-state index in [-0.39, 0.29) is 22.6 Å². The molecule has 5 nitrogen and oxygen atoms in total. The number of benzene rings is 1. The molecule has 112 valence electrons. The van der Waals surface area contributed by atoms with Crippen LogP contribution in [0, 0.1) is 11.7 Å². The van der Waals surface area contributed by atoms with Crippen molar-refractivity contribution in [2.24, 2.45) is 5.92 Å². The lowest BCUT2D eigenvalue weighted by Gasteiger charge is -2.25. The number of sulfonamides is 1. The normalized spacial score (nSPS) is 23.7. The Balaban J connectivity index is 1.98. The second kappa shape index (κ2) is 6.07. The van der Waals surface area contributed by atoms with Gasteiger partial charge in [0, 0.05) is 6.54 Å². The molecule has 0 spiro atoms. The molecule has 1 fully saturated rings. The fourth-order valence-electron chi connectivity index (χ4n) is 2.33. The summed E-state index contributed by atoms with van der Waals surface area (Å²) in [6, 6.07) is 3.44. The highest BCUT2D eigenvalue weighted by atomic mass is 32.2. The average molecular weight is 302 g/mol. The van der Waals surface area contributed by atoms with Gasteiger partial charge in [-0.3, -0.25) is 0 Å². The summed E-state index contributed by atoms with van der Waals surface area (Å²) in [4.78, 5) is -0.125. The maximum atomic E-state index is 13.3. The third-order valence-corrected chi connectivity index (χ3v) is 5.08. The predicted molar refractivity (Wildman–Crippen MR) is 74.0 cm³/mol. The minimum Gasteiger partial charge on any atom is -0.396 e. The number of nitrogens with one attached hydrogen (secondary N) is 1. The van der Waals surface area contributed by atoms with Crippen LogP contribution in [0.15, 0.2) is 23.1 Å². The smallest absolute Gasteiger partial charge is 0.240 e. The van der Waals surface area contributed by atoms with E-state index in [2.05, 4.69) is 4.72 Å². The predicted octanol–water partition coefficient (Wildman–Crippen LogP) is 1.24. The first-order valence-electron chi connectivity index (χ1n) is 6.61. The quantitative estimate of drug-likeness (QED) is 0.730. The van der Waals surface area contributed by atoms with Gasteiger partial charge in [-0.15, -0.1) is 0 Å². The van der Waals surface area contributed by atoms with Gasteiger partial charge in [-0.1, -0.05) is 0 Å². The Morgan fingerprint density at radius 3 is 2.55 bits per heavy atom. The Kier molecular flexibility index (Phi) is 4.62. The number of nitrogens with two attached hydrogens (primary N) is 1. The van der Waals surface area contributed by atoms with Crippen molar-refractivity contribution < 1.29 is 17.9 Å². The fraction of sp³-hybridized carbons (Fsp3) is 0.538. The Labute approximate surface area is 118 Å². The minimum absolute atomic E-state index is 0.0785. The second-order valence-electron chi connectivity index (χ2n) is 5.21. The van der Waals surface area contributed by atoms with Crippen LogP contribution in [0.2, 0.25) is 0 Å².